The van der Waals surface area contributed by atoms with Crippen LogP contribution in [0.1, 0.15) is 49.9 Å². The van der Waals surface area contributed by atoms with Crippen molar-refractivity contribution in [1.29, 1.82) is 0 Å². The molecule has 0 atom stereocenters. The molecule has 2 aliphatic heterocycles. The zero-order valence-electron chi connectivity index (χ0n) is 19.9. The Balaban J connectivity index is 1.81. The molecule has 5 nitrogen and oxygen atoms in total. The van der Waals surface area contributed by atoms with Gasteiger partial charge in [-0.15, -0.1) is 0 Å². The normalized spacial score (nSPS) is 18.9. The number of nitrogens with one attached hydrogen (secondary N) is 1. The van der Waals surface area contributed by atoms with E-state index >= 15 is 0 Å². The van der Waals surface area contributed by atoms with Crippen LogP contribution in [0.5, 0.6) is 0 Å². The van der Waals surface area contributed by atoms with Gasteiger partial charge in [0.25, 0.3) is 11.8 Å². The first-order valence-corrected chi connectivity index (χ1v) is 11.5. The number of hydrogen-bond donors (Lipinski definition) is 1. The molecule has 0 bridgehead atoms. The van der Waals surface area contributed by atoms with Gasteiger partial charge in [-0.1, -0.05) is 24.3 Å². The van der Waals surface area contributed by atoms with Gasteiger partial charge in [0.2, 0.25) is 0 Å². The van der Waals surface area contributed by atoms with Crippen molar-refractivity contribution in [1.82, 2.24) is 5.32 Å². The molecule has 0 unspecified atom stereocenters. The summed E-state index contributed by atoms with van der Waals surface area (Å²) in [4.78, 5) is 30.0. The number of carbonyl (C=O) groups excluding carboxylic acids is 2. The van der Waals surface area contributed by atoms with Crippen molar-refractivity contribution in [3.63, 3.8) is 0 Å². The first-order valence-electron chi connectivity index (χ1n) is 11.1. The third-order valence-corrected chi connectivity index (χ3v) is 6.72. The van der Waals surface area contributed by atoms with E-state index in [1.165, 1.54) is 16.2 Å². The Labute approximate surface area is 200 Å². The number of likely N-dealkylation sites (N-methyl/N-ethyl adjacent to an activating group) is 1. The highest BCUT2D eigenvalue weighted by Gasteiger charge is 2.35. The summed E-state index contributed by atoms with van der Waals surface area (Å²) in [6.45, 7) is 13.5. The van der Waals surface area contributed by atoms with E-state index in [2.05, 4.69) is 56.1 Å². The summed E-state index contributed by atoms with van der Waals surface area (Å²) in [5.41, 5.74) is 6.86. The fourth-order valence-electron chi connectivity index (χ4n) is 4.82. The van der Waals surface area contributed by atoms with E-state index in [1.807, 2.05) is 38.1 Å². The van der Waals surface area contributed by atoms with E-state index in [4.69, 9.17) is 12.2 Å². The number of benzene rings is 2. The zero-order valence-corrected chi connectivity index (χ0v) is 20.8. The molecule has 33 heavy (non-hydrogen) atoms. The van der Waals surface area contributed by atoms with E-state index in [0.717, 1.165) is 28.8 Å². The van der Waals surface area contributed by atoms with Gasteiger partial charge in [0.1, 0.15) is 5.57 Å². The van der Waals surface area contributed by atoms with Crippen molar-refractivity contribution in [2.45, 2.75) is 47.1 Å². The van der Waals surface area contributed by atoms with Crippen LogP contribution in [-0.2, 0) is 9.59 Å². The van der Waals surface area contributed by atoms with E-state index in [1.54, 1.807) is 6.08 Å². The third-order valence-electron chi connectivity index (χ3n) is 6.44. The van der Waals surface area contributed by atoms with Crippen molar-refractivity contribution < 1.29 is 9.59 Å². The highest BCUT2D eigenvalue weighted by molar-refractivity contribution is 7.80. The smallest absolute Gasteiger partial charge is 0.270 e. The molecule has 1 fully saturated rings. The molecule has 0 aromatic heterocycles. The van der Waals surface area contributed by atoms with Crippen LogP contribution in [0.4, 0.5) is 11.4 Å². The number of nitrogens with zero attached hydrogens (tertiary/aromatic N) is 2. The van der Waals surface area contributed by atoms with E-state index in [9.17, 15) is 9.59 Å². The predicted molar refractivity (Wildman–Crippen MR) is 139 cm³/mol. The molecule has 0 aliphatic carbocycles. The lowest BCUT2D eigenvalue weighted by molar-refractivity contribution is -0.122. The molecule has 1 saturated heterocycles. The number of anilines is 2. The molecule has 4 rings (SSSR count). The maximum Gasteiger partial charge on any atom is 0.270 e. The lowest BCUT2D eigenvalue weighted by Gasteiger charge is -2.43. The SMILES string of the molecule is CCN1c2cc(C)c(/C=C3/C(=O)NC(=S)N(c4ccccc4C)C3=O)cc2C(C)=CC1(C)C. The van der Waals surface area contributed by atoms with E-state index in [-0.39, 0.29) is 16.2 Å². The number of aryl methyl sites for hydroxylation is 2. The molecule has 0 saturated carbocycles. The topological polar surface area (TPSA) is 52.7 Å². The van der Waals surface area contributed by atoms with Gasteiger partial charge < -0.3 is 4.90 Å². The maximum atomic E-state index is 13.4. The number of allylic oxidation sites excluding steroid dienone is 1. The summed E-state index contributed by atoms with van der Waals surface area (Å²) in [7, 11) is 0. The Morgan fingerprint density at radius 2 is 1.73 bits per heavy atom. The molecule has 2 amide bonds. The molecule has 2 heterocycles. The minimum atomic E-state index is -0.476. The maximum absolute atomic E-state index is 13.4. The molecular weight excluding hydrogens is 430 g/mol. The second-order valence-corrected chi connectivity index (χ2v) is 9.58. The Bertz CT molecular complexity index is 1260. The molecule has 170 valence electrons. The zero-order chi connectivity index (χ0) is 24.1. The van der Waals surface area contributed by atoms with E-state index < -0.39 is 11.8 Å². The van der Waals surface area contributed by atoms with Gasteiger partial charge in [0, 0.05) is 17.8 Å². The van der Waals surface area contributed by atoms with Crippen LogP contribution in [0.25, 0.3) is 11.6 Å². The van der Waals surface area contributed by atoms with Gasteiger partial charge in [-0.3, -0.25) is 19.8 Å². The first-order chi connectivity index (χ1) is 15.5. The Morgan fingerprint density at radius 1 is 1.03 bits per heavy atom. The standard InChI is InChI=1S/C27H29N3O2S/c1-7-29-23-12-17(3)19(13-20(23)18(4)15-27(29,5)6)14-21-24(31)28-26(33)30(25(21)32)22-11-9-8-10-16(22)2/h8-15H,7H2,1-6H3,(H,28,31,33)/b21-14-. The number of para-hydroxylation sites is 1. The van der Waals surface area contributed by atoms with Crippen molar-refractivity contribution in [3.8, 4) is 0 Å². The molecule has 2 aromatic rings. The van der Waals surface area contributed by atoms with Crippen LogP contribution >= 0.6 is 12.2 Å². The molecular formula is C27H29N3O2S. The average Bonchev–Trinajstić information content (AvgIpc) is 2.72. The van der Waals surface area contributed by atoms with Crippen LogP contribution in [0.2, 0.25) is 0 Å². The quantitative estimate of drug-likeness (QED) is 0.392. The summed E-state index contributed by atoms with van der Waals surface area (Å²) in [6.07, 6.45) is 3.95. The summed E-state index contributed by atoms with van der Waals surface area (Å²) >= 11 is 5.34. The van der Waals surface area contributed by atoms with Gasteiger partial charge in [-0.05, 0) is 100 Å². The largest absolute Gasteiger partial charge is 0.363 e. The van der Waals surface area contributed by atoms with Crippen molar-refractivity contribution in [2.24, 2.45) is 0 Å². The first kappa shape index (κ1) is 22.9. The fraction of sp³-hybridized carbons (Fsp3) is 0.296. The number of amides is 2. The monoisotopic (exact) mass is 459 g/mol. The molecule has 2 aromatic carbocycles. The molecule has 0 spiro atoms. The Hall–Kier alpha value is -3.25. The summed E-state index contributed by atoms with van der Waals surface area (Å²) in [5, 5.41) is 2.78. The third kappa shape index (κ3) is 3.89. The van der Waals surface area contributed by atoms with Gasteiger partial charge in [-0.25, -0.2) is 0 Å². The van der Waals surface area contributed by atoms with Crippen LogP contribution in [0, 0.1) is 13.8 Å². The lowest BCUT2D eigenvalue weighted by Crippen LogP contribution is -2.54. The molecule has 0 radical (unpaired) electrons. The number of fused-ring (bicyclic) bond motifs is 1. The van der Waals surface area contributed by atoms with Crippen molar-refractivity contribution >= 4 is 52.2 Å². The number of hydrogen-bond acceptors (Lipinski definition) is 4. The Morgan fingerprint density at radius 3 is 2.39 bits per heavy atom. The van der Waals surface area contributed by atoms with Gasteiger partial charge in [0.15, 0.2) is 5.11 Å². The lowest BCUT2D eigenvalue weighted by atomic mass is 9.86. The predicted octanol–water partition coefficient (Wildman–Crippen LogP) is 5.16. The highest BCUT2D eigenvalue weighted by atomic mass is 32.1. The molecule has 6 heteroatoms. The average molecular weight is 460 g/mol. The van der Waals surface area contributed by atoms with Gasteiger partial charge in [-0.2, -0.15) is 0 Å². The summed E-state index contributed by atoms with van der Waals surface area (Å²) in [5.74, 6) is -0.894. The second-order valence-electron chi connectivity index (χ2n) is 9.20. The molecule has 2 aliphatic rings. The Kier molecular flexibility index (Phi) is 5.74. The summed E-state index contributed by atoms with van der Waals surface area (Å²) < 4.78 is 0. The molecule has 1 N–H and O–H groups in total. The second kappa shape index (κ2) is 8.27. The number of rotatable bonds is 3. The fourth-order valence-corrected chi connectivity index (χ4v) is 5.10. The van der Waals surface area contributed by atoms with Gasteiger partial charge in [0.05, 0.1) is 11.2 Å². The van der Waals surface area contributed by atoms with Crippen molar-refractivity contribution in [3.05, 3.63) is 70.3 Å². The van der Waals surface area contributed by atoms with Crippen molar-refractivity contribution in [2.75, 3.05) is 16.3 Å². The van der Waals surface area contributed by atoms with Crippen LogP contribution in [0.3, 0.4) is 0 Å². The summed E-state index contributed by atoms with van der Waals surface area (Å²) in [6, 6.07) is 11.7. The minimum absolute atomic E-state index is 0.0695. The highest BCUT2D eigenvalue weighted by Crippen LogP contribution is 2.40. The van der Waals surface area contributed by atoms with Gasteiger partial charge >= 0.3 is 0 Å². The number of thiocarbonyl (C=S) groups is 1. The minimum Gasteiger partial charge on any atom is -0.363 e. The van der Waals surface area contributed by atoms with Crippen LogP contribution < -0.4 is 15.1 Å². The van der Waals surface area contributed by atoms with E-state index in [0.29, 0.717) is 5.69 Å². The van der Waals surface area contributed by atoms with Crippen LogP contribution in [-0.4, -0.2) is 29.0 Å². The number of carbonyl (C=O) groups is 2. The van der Waals surface area contributed by atoms with Crippen LogP contribution in [0.15, 0.2) is 48.0 Å².